The van der Waals surface area contributed by atoms with Crippen LogP contribution in [0.2, 0.25) is 0 Å². The highest BCUT2D eigenvalue weighted by atomic mass is 32.2. The van der Waals surface area contributed by atoms with Crippen LogP contribution >= 0.6 is 11.8 Å². The number of nitrogens with zero attached hydrogens (tertiary/aromatic N) is 1. The molecule has 10 heteroatoms. The second-order valence-corrected chi connectivity index (χ2v) is 9.53. The monoisotopic (exact) mass is 525 g/mol. The van der Waals surface area contributed by atoms with Crippen molar-refractivity contribution in [3.8, 4) is 0 Å². The molecule has 0 fully saturated rings. The van der Waals surface area contributed by atoms with E-state index in [0.29, 0.717) is 17.7 Å². The molecule has 190 valence electrons. The minimum absolute atomic E-state index is 0.0419. The fraction of sp³-hybridized carbons (Fsp3) is 0.269. The lowest BCUT2D eigenvalue weighted by molar-refractivity contribution is -0.376. The zero-order valence-electron chi connectivity index (χ0n) is 18.8. The predicted octanol–water partition coefficient (Wildman–Crippen LogP) is 6.98. The number of alkyl halides is 6. The predicted molar refractivity (Wildman–Crippen MR) is 125 cm³/mol. The SMILES string of the molecule is CC(C(=O)N1c2ccc(C(O)(C(F)(F)F)C(F)(F)F)cc2SC[C@H]1c1ccccc1)c1ccccc1. The zero-order valence-corrected chi connectivity index (χ0v) is 19.7. The molecule has 0 spiro atoms. The molecule has 4 rings (SSSR count). The fourth-order valence-electron chi connectivity index (χ4n) is 4.24. The highest BCUT2D eigenvalue weighted by Gasteiger charge is 2.71. The number of rotatable bonds is 4. The highest BCUT2D eigenvalue weighted by molar-refractivity contribution is 7.99. The first-order valence-corrected chi connectivity index (χ1v) is 11.9. The van der Waals surface area contributed by atoms with Crippen molar-refractivity contribution in [3.05, 3.63) is 95.6 Å². The summed E-state index contributed by atoms with van der Waals surface area (Å²) in [6.07, 6.45) is -12.0. The average molecular weight is 526 g/mol. The van der Waals surface area contributed by atoms with Crippen molar-refractivity contribution in [2.24, 2.45) is 0 Å². The lowest BCUT2D eigenvalue weighted by Gasteiger charge is -2.40. The number of fused-ring (bicyclic) bond motifs is 1. The Morgan fingerprint density at radius 1 is 0.917 bits per heavy atom. The molecule has 0 saturated heterocycles. The van der Waals surface area contributed by atoms with Crippen LogP contribution in [0.15, 0.2) is 83.8 Å². The molecular formula is C26H21F6NO2S. The van der Waals surface area contributed by atoms with Crippen LogP contribution in [0.1, 0.15) is 35.6 Å². The van der Waals surface area contributed by atoms with Crippen LogP contribution in [-0.2, 0) is 10.4 Å². The molecule has 1 heterocycles. The van der Waals surface area contributed by atoms with Gasteiger partial charge in [0.25, 0.3) is 5.60 Å². The summed E-state index contributed by atoms with van der Waals surface area (Å²) in [5, 5.41) is 9.86. The smallest absolute Gasteiger partial charge is 0.369 e. The van der Waals surface area contributed by atoms with Crippen LogP contribution in [0.5, 0.6) is 0 Å². The summed E-state index contributed by atoms with van der Waals surface area (Å²) in [5.41, 5.74) is -4.72. The number of carbonyl (C=O) groups excluding carboxylic acids is 1. The summed E-state index contributed by atoms with van der Waals surface area (Å²) < 4.78 is 80.8. The highest BCUT2D eigenvalue weighted by Crippen LogP contribution is 2.52. The van der Waals surface area contributed by atoms with Gasteiger partial charge in [-0.25, -0.2) is 0 Å². The standard InChI is InChI=1S/C26H21F6NO2S/c1-16(17-8-4-2-5-9-17)23(34)33-20-13-12-19(24(35,25(27,28)29)26(30,31)32)14-22(20)36-15-21(33)18-10-6-3-7-11-18/h2-14,16,21,35H,15H2,1H3/t16?,21-/m0/s1. The summed E-state index contributed by atoms with van der Waals surface area (Å²) in [7, 11) is 0. The van der Waals surface area contributed by atoms with Gasteiger partial charge in [-0.1, -0.05) is 66.7 Å². The molecular weight excluding hydrogens is 504 g/mol. The number of anilines is 1. The van der Waals surface area contributed by atoms with E-state index in [9.17, 15) is 36.2 Å². The van der Waals surface area contributed by atoms with Crippen molar-refractivity contribution in [1.29, 1.82) is 0 Å². The maximum Gasteiger partial charge on any atom is 0.430 e. The van der Waals surface area contributed by atoms with Gasteiger partial charge >= 0.3 is 12.4 Å². The molecule has 1 aliphatic heterocycles. The van der Waals surface area contributed by atoms with Gasteiger partial charge in [-0.2, -0.15) is 26.3 Å². The number of thioether (sulfide) groups is 1. The van der Waals surface area contributed by atoms with Crippen LogP contribution < -0.4 is 4.90 Å². The number of hydrogen-bond acceptors (Lipinski definition) is 3. The Morgan fingerprint density at radius 2 is 1.47 bits per heavy atom. The van der Waals surface area contributed by atoms with Gasteiger partial charge in [0.2, 0.25) is 5.91 Å². The van der Waals surface area contributed by atoms with Gasteiger partial charge in [0.1, 0.15) is 0 Å². The first kappa shape index (κ1) is 26.1. The number of aliphatic hydroxyl groups is 1. The number of halogens is 6. The first-order valence-electron chi connectivity index (χ1n) is 10.9. The minimum Gasteiger partial charge on any atom is -0.369 e. The summed E-state index contributed by atoms with van der Waals surface area (Å²) in [5.74, 6) is -0.786. The maximum absolute atomic E-state index is 13.8. The Morgan fingerprint density at radius 3 is 2.03 bits per heavy atom. The Bertz CT molecular complexity index is 1220. The van der Waals surface area contributed by atoms with E-state index in [2.05, 4.69) is 0 Å². The van der Waals surface area contributed by atoms with Crippen LogP contribution in [-0.4, -0.2) is 29.1 Å². The minimum atomic E-state index is -6.00. The second kappa shape index (κ2) is 9.48. The first-order chi connectivity index (χ1) is 16.9. The molecule has 36 heavy (non-hydrogen) atoms. The Hall–Kier alpha value is -2.98. The van der Waals surface area contributed by atoms with Gasteiger partial charge in [0.05, 0.1) is 17.6 Å². The third kappa shape index (κ3) is 4.48. The average Bonchev–Trinajstić information content (AvgIpc) is 2.86. The Labute approximate surface area is 207 Å². The van der Waals surface area contributed by atoms with Crippen molar-refractivity contribution in [2.45, 2.75) is 41.7 Å². The molecule has 1 amide bonds. The molecule has 0 bridgehead atoms. The Kier molecular flexibility index (Phi) is 6.87. The molecule has 0 radical (unpaired) electrons. The van der Waals surface area contributed by atoms with Gasteiger partial charge in [-0.05, 0) is 30.2 Å². The lowest BCUT2D eigenvalue weighted by Crippen LogP contribution is -2.54. The summed E-state index contributed by atoms with van der Waals surface area (Å²) in [4.78, 5) is 15.2. The van der Waals surface area contributed by atoms with E-state index in [1.807, 2.05) is 12.1 Å². The van der Waals surface area contributed by atoms with Gasteiger partial charge in [-0.3, -0.25) is 4.79 Å². The van der Waals surface area contributed by atoms with E-state index in [-0.39, 0.29) is 22.2 Å². The molecule has 3 nitrogen and oxygen atoms in total. The number of carbonyl (C=O) groups is 1. The van der Waals surface area contributed by atoms with Crippen molar-refractivity contribution in [2.75, 3.05) is 10.7 Å². The molecule has 1 unspecified atom stereocenters. The fourth-order valence-corrected chi connectivity index (χ4v) is 5.44. The second-order valence-electron chi connectivity index (χ2n) is 8.47. The quantitative estimate of drug-likeness (QED) is 0.374. The van der Waals surface area contributed by atoms with E-state index in [4.69, 9.17) is 0 Å². The van der Waals surface area contributed by atoms with Crippen molar-refractivity contribution < 1.29 is 36.2 Å². The number of benzene rings is 3. The van der Waals surface area contributed by atoms with E-state index in [0.717, 1.165) is 23.4 Å². The molecule has 0 aliphatic carbocycles. The van der Waals surface area contributed by atoms with Crippen LogP contribution in [0.25, 0.3) is 0 Å². The van der Waals surface area contributed by atoms with E-state index < -0.39 is 35.5 Å². The third-order valence-corrected chi connectivity index (χ3v) is 7.38. The Balaban J connectivity index is 1.83. The summed E-state index contributed by atoms with van der Waals surface area (Å²) in [6.45, 7) is 1.70. The zero-order chi connectivity index (χ0) is 26.3. The largest absolute Gasteiger partial charge is 0.430 e. The van der Waals surface area contributed by atoms with Crippen molar-refractivity contribution in [1.82, 2.24) is 0 Å². The molecule has 3 aromatic rings. The third-order valence-electron chi connectivity index (χ3n) is 6.26. The summed E-state index contributed by atoms with van der Waals surface area (Å²) in [6, 6.07) is 19.7. The molecule has 2 atom stereocenters. The molecule has 1 N–H and O–H groups in total. The molecule has 3 aromatic carbocycles. The topological polar surface area (TPSA) is 40.5 Å². The van der Waals surface area contributed by atoms with Gasteiger partial charge in [0, 0.05) is 16.2 Å². The van der Waals surface area contributed by atoms with Gasteiger partial charge in [-0.15, -0.1) is 11.8 Å². The maximum atomic E-state index is 13.8. The summed E-state index contributed by atoms with van der Waals surface area (Å²) >= 11 is 1.03. The van der Waals surface area contributed by atoms with E-state index in [1.54, 1.807) is 55.5 Å². The van der Waals surface area contributed by atoms with Gasteiger partial charge in [0.15, 0.2) is 0 Å². The van der Waals surface area contributed by atoms with Gasteiger partial charge < -0.3 is 10.0 Å². The number of amides is 1. The molecule has 0 aromatic heterocycles. The van der Waals surface area contributed by atoms with Crippen LogP contribution in [0.4, 0.5) is 32.0 Å². The van der Waals surface area contributed by atoms with Crippen molar-refractivity contribution >= 4 is 23.4 Å². The van der Waals surface area contributed by atoms with Crippen molar-refractivity contribution in [3.63, 3.8) is 0 Å². The molecule has 1 aliphatic rings. The van der Waals surface area contributed by atoms with Crippen LogP contribution in [0, 0.1) is 0 Å². The normalized spacial score (nSPS) is 17.4. The van der Waals surface area contributed by atoms with E-state index >= 15 is 0 Å². The van der Waals surface area contributed by atoms with Crippen LogP contribution in [0.3, 0.4) is 0 Å². The lowest BCUT2D eigenvalue weighted by atomic mass is 9.91. The number of hydrogen-bond donors (Lipinski definition) is 1. The van der Waals surface area contributed by atoms with E-state index in [1.165, 1.54) is 4.90 Å². The molecule has 0 saturated carbocycles.